The van der Waals surface area contributed by atoms with Gasteiger partial charge in [-0.2, -0.15) is 0 Å². The topological polar surface area (TPSA) is 4.93 Å². The Bertz CT molecular complexity index is 1820. The van der Waals surface area contributed by atoms with Crippen LogP contribution in [-0.2, 0) is 0 Å². The van der Waals surface area contributed by atoms with Gasteiger partial charge in [-0.15, -0.1) is 11.3 Å². The van der Waals surface area contributed by atoms with Gasteiger partial charge in [-0.1, -0.05) is 118 Å². The van der Waals surface area contributed by atoms with E-state index in [2.05, 4.69) is 141 Å². The van der Waals surface area contributed by atoms with Crippen LogP contribution in [0, 0.1) is 13.8 Å². The molecule has 42 heavy (non-hydrogen) atoms. The summed E-state index contributed by atoms with van der Waals surface area (Å²) < 4.78 is 2.38. The minimum Gasteiger partial charge on any atom is -0.309 e. The van der Waals surface area contributed by atoms with Gasteiger partial charge in [-0.05, 0) is 83.6 Å². The number of hydrogen-bond acceptors (Lipinski definition) is 1. The molecule has 0 N–H and O–H groups in total. The van der Waals surface area contributed by atoms with Crippen LogP contribution in [-0.4, -0.2) is 4.57 Å². The Morgan fingerprint density at radius 3 is 1.81 bits per heavy atom. The summed E-state index contributed by atoms with van der Waals surface area (Å²) in [5, 5.41) is 1.23. The second-order valence-electron chi connectivity index (χ2n) is 9.96. The smallest absolute Gasteiger partial charge is 0.0549 e. The fourth-order valence-electron chi connectivity index (χ4n) is 5.48. The number of fused-ring (bicyclic) bond motifs is 1. The number of rotatable bonds is 7. The highest BCUT2D eigenvalue weighted by molar-refractivity contribution is 7.16. The Hall–Kier alpha value is -4.66. The Balaban J connectivity index is 0.00000173. The average Bonchev–Trinajstić information content (AvgIpc) is 3.54. The number of hydrogen-bond donors (Lipinski definition) is 0. The molecule has 4 aromatic carbocycles. The largest absolute Gasteiger partial charge is 0.309 e. The number of nitrogens with zero attached hydrogens (tertiary/aromatic N) is 1. The first kappa shape index (κ1) is 28.9. The third kappa shape index (κ3) is 5.34. The number of para-hydroxylation sites is 1. The predicted octanol–water partition coefficient (Wildman–Crippen LogP) is 12.2. The lowest BCUT2D eigenvalue weighted by atomic mass is 9.98. The first-order valence-corrected chi connectivity index (χ1v) is 15.3. The second-order valence-corrected chi connectivity index (χ2v) is 11.0. The van der Waals surface area contributed by atoms with Crippen molar-refractivity contribution in [3.05, 3.63) is 150 Å². The van der Waals surface area contributed by atoms with E-state index < -0.39 is 0 Å². The van der Waals surface area contributed by atoms with Gasteiger partial charge in [0.2, 0.25) is 0 Å². The zero-order chi connectivity index (χ0) is 29.6. The summed E-state index contributed by atoms with van der Waals surface area (Å²) in [5.41, 5.74) is 12.0. The molecule has 0 saturated heterocycles. The monoisotopic (exact) mass is 563 g/mol. The third-order valence-electron chi connectivity index (χ3n) is 7.59. The van der Waals surface area contributed by atoms with Crippen molar-refractivity contribution in [1.29, 1.82) is 0 Å². The van der Waals surface area contributed by atoms with Crippen molar-refractivity contribution in [2.24, 2.45) is 0 Å². The standard InChI is InChI=1S/C38H31NS.C2H6/c1-5-7-22-36-26(3)27(4)38(40-36)37-33-20-14-15-21-35(33)39(34(37)6-2)32-24-30(28-16-10-8-11-17-28)23-31(25-32)29-18-12-9-13-19-29;1-2/h5-25H,1-2H2,3-4H3;1-2H3/b22-7-;. The van der Waals surface area contributed by atoms with E-state index in [1.165, 1.54) is 59.6 Å². The van der Waals surface area contributed by atoms with Crippen LogP contribution in [0.2, 0.25) is 0 Å². The molecule has 6 rings (SSSR count). The zero-order valence-electron chi connectivity index (χ0n) is 24.9. The molecule has 1 nitrogen and oxygen atoms in total. The van der Waals surface area contributed by atoms with Crippen molar-refractivity contribution < 1.29 is 0 Å². The fraction of sp³-hybridized carbons (Fsp3) is 0.100. The molecule has 0 fully saturated rings. The van der Waals surface area contributed by atoms with E-state index in [1.807, 2.05) is 43.4 Å². The van der Waals surface area contributed by atoms with Crippen LogP contribution < -0.4 is 0 Å². The molecule has 0 aliphatic heterocycles. The normalized spacial score (nSPS) is 11.0. The highest BCUT2D eigenvalue weighted by Crippen LogP contribution is 2.45. The molecule has 0 unspecified atom stereocenters. The van der Waals surface area contributed by atoms with Crippen LogP contribution in [0.4, 0.5) is 0 Å². The van der Waals surface area contributed by atoms with E-state index in [1.54, 1.807) is 0 Å². The van der Waals surface area contributed by atoms with Gasteiger partial charge in [0, 0.05) is 26.4 Å². The highest BCUT2D eigenvalue weighted by atomic mass is 32.1. The van der Waals surface area contributed by atoms with Gasteiger partial charge in [0.1, 0.15) is 0 Å². The van der Waals surface area contributed by atoms with Gasteiger partial charge >= 0.3 is 0 Å². The maximum atomic E-state index is 4.32. The van der Waals surface area contributed by atoms with Gasteiger partial charge in [0.25, 0.3) is 0 Å². The molecule has 6 aromatic rings. The minimum atomic E-state index is 1.11. The Morgan fingerprint density at radius 1 is 0.667 bits per heavy atom. The first-order valence-electron chi connectivity index (χ1n) is 14.5. The van der Waals surface area contributed by atoms with E-state index in [4.69, 9.17) is 0 Å². The van der Waals surface area contributed by atoms with Crippen LogP contribution in [0.1, 0.15) is 35.5 Å². The molecule has 2 heteroatoms. The average molecular weight is 564 g/mol. The quantitative estimate of drug-likeness (QED) is 0.170. The maximum absolute atomic E-state index is 4.32. The number of aromatic nitrogens is 1. The minimum absolute atomic E-state index is 1.11. The molecule has 2 heterocycles. The van der Waals surface area contributed by atoms with Crippen molar-refractivity contribution in [1.82, 2.24) is 4.57 Å². The van der Waals surface area contributed by atoms with Crippen LogP contribution >= 0.6 is 11.3 Å². The number of allylic oxidation sites excluding steroid dienone is 2. The predicted molar refractivity (Wildman–Crippen MR) is 188 cm³/mol. The molecule has 0 bridgehead atoms. The van der Waals surface area contributed by atoms with Gasteiger partial charge in [0.05, 0.1) is 11.2 Å². The second kappa shape index (κ2) is 12.9. The van der Waals surface area contributed by atoms with Gasteiger partial charge in [0.15, 0.2) is 0 Å². The van der Waals surface area contributed by atoms with Gasteiger partial charge in [-0.3, -0.25) is 0 Å². The van der Waals surface area contributed by atoms with E-state index in [0.717, 1.165) is 11.4 Å². The zero-order valence-corrected chi connectivity index (χ0v) is 25.7. The summed E-state index contributed by atoms with van der Waals surface area (Å²) in [6, 6.07) is 36.9. The molecule has 0 amide bonds. The molecule has 0 radical (unpaired) electrons. The Morgan fingerprint density at radius 2 is 1.24 bits per heavy atom. The van der Waals surface area contributed by atoms with E-state index >= 15 is 0 Å². The number of thiophene rings is 1. The summed E-state index contributed by atoms with van der Waals surface area (Å²) in [5.74, 6) is 0. The molecule has 0 spiro atoms. The summed E-state index contributed by atoms with van der Waals surface area (Å²) in [7, 11) is 0. The van der Waals surface area contributed by atoms with Crippen LogP contribution in [0.25, 0.3) is 61.4 Å². The lowest BCUT2D eigenvalue weighted by Crippen LogP contribution is -1.98. The molecule has 208 valence electrons. The molecular weight excluding hydrogens is 527 g/mol. The molecule has 0 saturated carbocycles. The highest BCUT2D eigenvalue weighted by Gasteiger charge is 2.22. The van der Waals surface area contributed by atoms with Crippen molar-refractivity contribution in [2.45, 2.75) is 27.7 Å². The van der Waals surface area contributed by atoms with Gasteiger partial charge in [-0.25, -0.2) is 0 Å². The summed E-state index contributed by atoms with van der Waals surface area (Å²) in [4.78, 5) is 2.55. The fourth-order valence-corrected chi connectivity index (χ4v) is 6.77. The van der Waals surface area contributed by atoms with E-state index in [9.17, 15) is 0 Å². The van der Waals surface area contributed by atoms with Crippen LogP contribution in [0.5, 0.6) is 0 Å². The van der Waals surface area contributed by atoms with E-state index in [-0.39, 0.29) is 0 Å². The van der Waals surface area contributed by atoms with Crippen molar-refractivity contribution in [3.8, 4) is 38.4 Å². The van der Waals surface area contributed by atoms with Crippen LogP contribution in [0.3, 0.4) is 0 Å². The van der Waals surface area contributed by atoms with Crippen molar-refractivity contribution >= 4 is 34.4 Å². The summed E-state index contributed by atoms with van der Waals surface area (Å²) >= 11 is 1.84. The van der Waals surface area contributed by atoms with Crippen molar-refractivity contribution in [3.63, 3.8) is 0 Å². The third-order valence-corrected chi connectivity index (χ3v) is 8.97. The van der Waals surface area contributed by atoms with Gasteiger partial charge < -0.3 is 4.57 Å². The van der Waals surface area contributed by atoms with E-state index in [0.29, 0.717) is 0 Å². The first-order chi connectivity index (χ1) is 20.6. The molecule has 2 aromatic heterocycles. The summed E-state index contributed by atoms with van der Waals surface area (Å²) in [6.45, 7) is 16.6. The number of benzene rings is 4. The van der Waals surface area contributed by atoms with Crippen molar-refractivity contribution in [2.75, 3.05) is 0 Å². The molecular formula is C40H37NS. The Labute approximate surface area is 254 Å². The van der Waals surface area contributed by atoms with Crippen LogP contribution in [0.15, 0.2) is 128 Å². The lowest BCUT2D eigenvalue weighted by molar-refractivity contribution is 1.11. The molecule has 0 aliphatic rings. The lowest BCUT2D eigenvalue weighted by Gasteiger charge is -2.15. The Kier molecular flexibility index (Phi) is 8.85. The molecule has 0 aliphatic carbocycles. The summed E-state index contributed by atoms with van der Waals surface area (Å²) in [6.07, 6.45) is 8.02. The maximum Gasteiger partial charge on any atom is 0.0549 e. The SMILES string of the molecule is C=C/C=C\c1sc(-c2c(C=C)n(-c3cc(-c4ccccc4)cc(-c4ccccc4)c3)c3ccccc23)c(C)c1C.CC. The molecule has 0 atom stereocenters.